The minimum absolute atomic E-state index is 0.0176. The highest BCUT2D eigenvalue weighted by Gasteiger charge is 2.06. The lowest BCUT2D eigenvalue weighted by molar-refractivity contribution is -0.384. The van der Waals surface area contributed by atoms with Crippen molar-refractivity contribution < 1.29 is 18.9 Å². The zero-order valence-corrected chi connectivity index (χ0v) is 14.7. The van der Waals surface area contributed by atoms with Crippen molar-refractivity contribution in [1.82, 2.24) is 5.32 Å². The first-order valence-corrected chi connectivity index (χ1v) is 8.43. The van der Waals surface area contributed by atoms with Crippen LogP contribution in [0.3, 0.4) is 0 Å². The van der Waals surface area contributed by atoms with Gasteiger partial charge in [0.25, 0.3) is 11.6 Å². The summed E-state index contributed by atoms with van der Waals surface area (Å²) in [6, 6.07) is 14.0. The SMILES string of the molecule is O=C(COc1ccc2ccc(=O)oc2c1)NCCNc1ccc([N+](=O)[O-])cc1. The topological polar surface area (TPSA) is 124 Å². The van der Waals surface area contributed by atoms with Crippen molar-refractivity contribution in [3.8, 4) is 5.75 Å². The number of benzene rings is 2. The second-order valence-electron chi connectivity index (χ2n) is 5.82. The molecule has 0 atom stereocenters. The number of anilines is 1. The molecule has 3 rings (SSSR count). The summed E-state index contributed by atoms with van der Waals surface area (Å²) in [5, 5.41) is 17.1. The van der Waals surface area contributed by atoms with Crippen LogP contribution in [0, 0.1) is 10.1 Å². The molecule has 0 bridgehead atoms. The molecular weight excluding hydrogens is 366 g/mol. The summed E-state index contributed by atoms with van der Waals surface area (Å²) in [4.78, 5) is 33.2. The molecule has 2 aromatic carbocycles. The van der Waals surface area contributed by atoms with Gasteiger partial charge in [0.05, 0.1) is 4.92 Å². The molecular formula is C19H17N3O6. The number of nitro groups is 1. The van der Waals surface area contributed by atoms with E-state index in [1.807, 2.05) is 0 Å². The quantitative estimate of drug-likeness (QED) is 0.265. The number of carbonyl (C=O) groups excluding carboxylic acids is 1. The van der Waals surface area contributed by atoms with Gasteiger partial charge in [-0.15, -0.1) is 0 Å². The Balaban J connectivity index is 1.41. The van der Waals surface area contributed by atoms with Crippen LogP contribution in [0.4, 0.5) is 11.4 Å². The van der Waals surface area contributed by atoms with Crippen LogP contribution < -0.4 is 21.0 Å². The molecule has 9 heteroatoms. The van der Waals surface area contributed by atoms with Gasteiger partial charge in [-0.2, -0.15) is 0 Å². The second kappa shape index (κ2) is 8.67. The van der Waals surface area contributed by atoms with E-state index in [-0.39, 0.29) is 18.2 Å². The van der Waals surface area contributed by atoms with Crippen LogP contribution in [-0.2, 0) is 4.79 Å². The molecule has 1 amide bonds. The number of nitro benzene ring substituents is 1. The predicted molar refractivity (Wildman–Crippen MR) is 103 cm³/mol. The number of carbonyl (C=O) groups is 1. The minimum Gasteiger partial charge on any atom is -0.484 e. The largest absolute Gasteiger partial charge is 0.484 e. The number of hydrogen-bond acceptors (Lipinski definition) is 7. The van der Waals surface area contributed by atoms with Crippen molar-refractivity contribution in [3.63, 3.8) is 0 Å². The first kappa shape index (κ1) is 18.9. The van der Waals surface area contributed by atoms with Gasteiger partial charge >= 0.3 is 5.63 Å². The molecule has 0 aliphatic heterocycles. The maximum absolute atomic E-state index is 11.9. The summed E-state index contributed by atoms with van der Waals surface area (Å²) < 4.78 is 10.5. The summed E-state index contributed by atoms with van der Waals surface area (Å²) in [6.45, 7) is 0.622. The Kier molecular flexibility index (Phi) is 5.85. The van der Waals surface area contributed by atoms with Crippen molar-refractivity contribution in [2.24, 2.45) is 0 Å². The fourth-order valence-electron chi connectivity index (χ4n) is 2.44. The van der Waals surface area contributed by atoms with Gasteiger partial charge in [0.15, 0.2) is 6.61 Å². The molecule has 0 spiro atoms. The number of fused-ring (bicyclic) bond motifs is 1. The van der Waals surface area contributed by atoms with E-state index in [4.69, 9.17) is 9.15 Å². The fraction of sp³-hybridized carbons (Fsp3) is 0.158. The zero-order valence-electron chi connectivity index (χ0n) is 14.7. The number of ether oxygens (including phenoxy) is 1. The van der Waals surface area contributed by atoms with E-state index in [0.29, 0.717) is 30.1 Å². The third-order valence-corrected chi connectivity index (χ3v) is 3.82. The van der Waals surface area contributed by atoms with Crippen LogP contribution >= 0.6 is 0 Å². The third-order valence-electron chi connectivity index (χ3n) is 3.82. The number of nitrogens with one attached hydrogen (secondary N) is 2. The molecule has 28 heavy (non-hydrogen) atoms. The molecule has 0 unspecified atom stereocenters. The number of non-ortho nitro benzene ring substituents is 1. The average molecular weight is 383 g/mol. The normalized spacial score (nSPS) is 10.4. The Hall–Kier alpha value is -3.88. The van der Waals surface area contributed by atoms with E-state index in [1.54, 1.807) is 36.4 Å². The van der Waals surface area contributed by atoms with Crippen molar-refractivity contribution in [3.05, 3.63) is 75.1 Å². The van der Waals surface area contributed by atoms with Crippen LogP contribution in [0.2, 0.25) is 0 Å². The van der Waals surface area contributed by atoms with Crippen LogP contribution in [0.15, 0.2) is 63.8 Å². The highest BCUT2D eigenvalue weighted by Crippen LogP contribution is 2.19. The number of rotatable bonds is 8. The van der Waals surface area contributed by atoms with Gasteiger partial charge in [-0.05, 0) is 30.3 Å². The van der Waals surface area contributed by atoms with E-state index in [0.717, 1.165) is 5.39 Å². The highest BCUT2D eigenvalue weighted by atomic mass is 16.6. The van der Waals surface area contributed by atoms with Gasteiger partial charge in [0, 0.05) is 48.4 Å². The van der Waals surface area contributed by atoms with E-state index >= 15 is 0 Å². The molecule has 144 valence electrons. The Labute approximate surface area is 159 Å². The minimum atomic E-state index is -0.465. The Morgan fingerprint density at radius 3 is 2.57 bits per heavy atom. The smallest absolute Gasteiger partial charge is 0.336 e. The monoisotopic (exact) mass is 383 g/mol. The lowest BCUT2D eigenvalue weighted by Crippen LogP contribution is -2.32. The van der Waals surface area contributed by atoms with E-state index < -0.39 is 10.5 Å². The van der Waals surface area contributed by atoms with Crippen molar-refractivity contribution in [2.75, 3.05) is 25.0 Å². The van der Waals surface area contributed by atoms with Gasteiger partial charge in [-0.25, -0.2) is 4.79 Å². The molecule has 1 heterocycles. The highest BCUT2D eigenvalue weighted by molar-refractivity contribution is 5.79. The lowest BCUT2D eigenvalue weighted by atomic mass is 10.2. The molecule has 9 nitrogen and oxygen atoms in total. The molecule has 0 saturated heterocycles. The standard InChI is InChI=1S/C19H17N3O6/c23-18(21-10-9-20-14-3-5-15(6-4-14)22(25)26)12-27-16-7-1-13-2-8-19(24)28-17(13)11-16/h1-8,11,20H,9-10,12H2,(H,21,23). The molecule has 0 aliphatic rings. The molecule has 3 aromatic rings. The lowest BCUT2D eigenvalue weighted by Gasteiger charge is -2.09. The van der Waals surface area contributed by atoms with Crippen molar-refractivity contribution >= 4 is 28.3 Å². The summed E-state index contributed by atoms with van der Waals surface area (Å²) >= 11 is 0. The molecule has 2 N–H and O–H groups in total. The second-order valence-corrected chi connectivity index (χ2v) is 5.82. The molecule has 0 fully saturated rings. The Morgan fingerprint density at radius 1 is 1.07 bits per heavy atom. The van der Waals surface area contributed by atoms with Gasteiger partial charge < -0.3 is 19.8 Å². The van der Waals surface area contributed by atoms with E-state index in [9.17, 15) is 19.7 Å². The summed E-state index contributed by atoms with van der Waals surface area (Å²) in [5.41, 5.74) is 0.665. The molecule has 0 aliphatic carbocycles. The van der Waals surface area contributed by atoms with E-state index in [2.05, 4.69) is 10.6 Å². The summed E-state index contributed by atoms with van der Waals surface area (Å²) in [5.74, 6) is 0.112. The van der Waals surface area contributed by atoms with Crippen molar-refractivity contribution in [1.29, 1.82) is 0 Å². The van der Waals surface area contributed by atoms with Gasteiger partial charge in [-0.3, -0.25) is 14.9 Å². The van der Waals surface area contributed by atoms with Gasteiger partial charge in [-0.1, -0.05) is 0 Å². The zero-order chi connectivity index (χ0) is 19.9. The first-order valence-electron chi connectivity index (χ1n) is 8.43. The maximum Gasteiger partial charge on any atom is 0.336 e. The first-order chi connectivity index (χ1) is 13.5. The van der Waals surface area contributed by atoms with Gasteiger partial charge in [0.2, 0.25) is 0 Å². The van der Waals surface area contributed by atoms with Gasteiger partial charge in [0.1, 0.15) is 11.3 Å². The number of nitrogens with zero attached hydrogens (tertiary/aromatic N) is 1. The fourth-order valence-corrected chi connectivity index (χ4v) is 2.44. The van der Waals surface area contributed by atoms with Crippen LogP contribution in [0.5, 0.6) is 5.75 Å². The van der Waals surface area contributed by atoms with E-state index in [1.165, 1.54) is 18.2 Å². The maximum atomic E-state index is 11.9. The average Bonchev–Trinajstić information content (AvgIpc) is 2.69. The summed E-state index contributed by atoms with van der Waals surface area (Å²) in [7, 11) is 0. The molecule has 0 radical (unpaired) electrons. The van der Waals surface area contributed by atoms with Crippen molar-refractivity contribution in [2.45, 2.75) is 0 Å². The van der Waals surface area contributed by atoms with Crippen LogP contribution in [0.1, 0.15) is 0 Å². The summed E-state index contributed by atoms with van der Waals surface area (Å²) in [6.07, 6.45) is 0. The van der Waals surface area contributed by atoms with Crippen LogP contribution in [0.25, 0.3) is 11.0 Å². The van der Waals surface area contributed by atoms with Crippen LogP contribution in [-0.4, -0.2) is 30.5 Å². The predicted octanol–water partition coefficient (Wildman–Crippen LogP) is 2.31. The third kappa shape index (κ3) is 5.07. The Bertz CT molecular complexity index is 1050. The molecule has 0 saturated carbocycles. The Morgan fingerprint density at radius 2 is 1.82 bits per heavy atom. The number of hydrogen-bond donors (Lipinski definition) is 2. The molecule has 1 aromatic heterocycles. The number of amides is 1.